The number of aryl methyl sites for hydroxylation is 1. The van der Waals surface area contributed by atoms with Crippen molar-refractivity contribution in [3.8, 4) is 0 Å². The number of ether oxygens (including phenoxy) is 1. The number of nitrogens with zero attached hydrogens (tertiary/aromatic N) is 3. The van der Waals surface area contributed by atoms with Gasteiger partial charge in [-0.15, -0.1) is 0 Å². The number of aromatic nitrogens is 2. The lowest BCUT2D eigenvalue weighted by Gasteiger charge is -2.40. The third kappa shape index (κ3) is 6.14. The number of halogens is 2. The second-order valence-electron chi connectivity index (χ2n) is 9.06. The van der Waals surface area contributed by atoms with Gasteiger partial charge >= 0.3 is 6.09 Å². The van der Waals surface area contributed by atoms with E-state index in [2.05, 4.69) is 20.5 Å². The Labute approximate surface area is 193 Å². The molecule has 31 heavy (non-hydrogen) atoms. The highest BCUT2D eigenvalue weighted by Crippen LogP contribution is 2.32. The van der Waals surface area contributed by atoms with Gasteiger partial charge in [-0.2, -0.15) is 0 Å². The molecule has 0 saturated carbocycles. The predicted octanol–water partition coefficient (Wildman–Crippen LogP) is 5.72. The fourth-order valence-electron chi connectivity index (χ4n) is 3.38. The van der Waals surface area contributed by atoms with Crippen molar-refractivity contribution in [3.63, 3.8) is 0 Å². The lowest BCUT2D eigenvalue weighted by Crippen LogP contribution is -2.54. The molecule has 1 aromatic heterocycles. The Morgan fingerprint density at radius 3 is 2.52 bits per heavy atom. The first-order valence-electron chi connectivity index (χ1n) is 10.3. The van der Waals surface area contributed by atoms with Gasteiger partial charge in [0.05, 0.1) is 27.6 Å². The SMILES string of the molecule is Cc1nc(N2CCC(C)(NC(=O)OC(C)(C)C)CC2)cnc1Nc1cccc(Cl)c1Cl. The molecule has 0 atom stereocenters. The van der Waals surface area contributed by atoms with E-state index in [-0.39, 0.29) is 11.6 Å². The predicted molar refractivity (Wildman–Crippen MR) is 126 cm³/mol. The van der Waals surface area contributed by atoms with E-state index in [0.717, 1.165) is 37.4 Å². The number of amides is 1. The molecule has 7 nitrogen and oxygen atoms in total. The van der Waals surface area contributed by atoms with Crippen molar-refractivity contribution in [1.82, 2.24) is 15.3 Å². The largest absolute Gasteiger partial charge is 0.444 e. The molecule has 9 heteroatoms. The molecule has 1 aliphatic heterocycles. The maximum Gasteiger partial charge on any atom is 0.408 e. The van der Waals surface area contributed by atoms with E-state index in [9.17, 15) is 4.79 Å². The minimum absolute atomic E-state index is 0.313. The fourth-order valence-corrected chi connectivity index (χ4v) is 3.72. The van der Waals surface area contributed by atoms with Crippen molar-refractivity contribution in [1.29, 1.82) is 0 Å². The number of carbonyl (C=O) groups is 1. The van der Waals surface area contributed by atoms with Crippen LogP contribution in [0.15, 0.2) is 24.4 Å². The Hall–Kier alpha value is -2.25. The van der Waals surface area contributed by atoms with Crippen molar-refractivity contribution in [3.05, 3.63) is 40.1 Å². The fraction of sp³-hybridized carbons (Fsp3) is 0.500. The van der Waals surface area contributed by atoms with Crippen LogP contribution >= 0.6 is 23.2 Å². The Morgan fingerprint density at radius 1 is 1.23 bits per heavy atom. The van der Waals surface area contributed by atoms with E-state index in [1.54, 1.807) is 12.3 Å². The summed E-state index contributed by atoms with van der Waals surface area (Å²) in [4.78, 5) is 23.6. The van der Waals surface area contributed by atoms with Crippen LogP contribution in [0, 0.1) is 6.92 Å². The molecule has 3 rings (SSSR count). The monoisotopic (exact) mass is 465 g/mol. The van der Waals surface area contributed by atoms with Crippen LogP contribution in [-0.2, 0) is 4.74 Å². The van der Waals surface area contributed by atoms with Crippen LogP contribution < -0.4 is 15.5 Å². The Morgan fingerprint density at radius 2 is 1.90 bits per heavy atom. The lowest BCUT2D eigenvalue weighted by atomic mass is 9.90. The number of nitrogens with one attached hydrogen (secondary N) is 2. The van der Waals surface area contributed by atoms with Gasteiger partial charge in [-0.05, 0) is 59.6 Å². The number of piperidine rings is 1. The van der Waals surface area contributed by atoms with Crippen molar-refractivity contribution >= 4 is 46.6 Å². The summed E-state index contributed by atoms with van der Waals surface area (Å²) in [6.07, 6.45) is 2.93. The first-order valence-corrected chi connectivity index (χ1v) is 11.0. The highest BCUT2D eigenvalue weighted by atomic mass is 35.5. The van der Waals surface area contributed by atoms with Crippen LogP contribution in [0.2, 0.25) is 10.0 Å². The number of alkyl carbamates (subject to hydrolysis) is 1. The summed E-state index contributed by atoms with van der Waals surface area (Å²) in [5.74, 6) is 1.43. The first kappa shape index (κ1) is 23.4. The number of carbonyl (C=O) groups excluding carboxylic acids is 1. The van der Waals surface area contributed by atoms with E-state index >= 15 is 0 Å². The third-order valence-electron chi connectivity index (χ3n) is 5.13. The summed E-state index contributed by atoms with van der Waals surface area (Å²) >= 11 is 12.3. The molecule has 0 radical (unpaired) electrons. The summed E-state index contributed by atoms with van der Waals surface area (Å²) < 4.78 is 5.40. The van der Waals surface area contributed by atoms with Crippen LogP contribution in [0.5, 0.6) is 0 Å². The highest BCUT2D eigenvalue weighted by Gasteiger charge is 2.33. The standard InChI is InChI=1S/C22H29Cl2N5O2/c1-14-19(27-16-8-6-7-15(23)18(16)24)25-13-17(26-14)29-11-9-22(5,10-12-29)28-20(30)31-21(2,3)4/h6-8,13H,9-12H2,1-5H3,(H,25,27)(H,28,30). The Bertz CT molecular complexity index is 953. The molecule has 0 bridgehead atoms. The van der Waals surface area contributed by atoms with E-state index in [1.165, 1.54) is 0 Å². The summed E-state index contributed by atoms with van der Waals surface area (Å²) in [5.41, 5.74) is 0.612. The zero-order chi connectivity index (χ0) is 22.8. The van der Waals surface area contributed by atoms with Crippen molar-refractivity contribution in [2.75, 3.05) is 23.3 Å². The van der Waals surface area contributed by atoms with Gasteiger partial charge in [0.25, 0.3) is 0 Å². The van der Waals surface area contributed by atoms with Gasteiger partial charge in [0.1, 0.15) is 11.4 Å². The number of rotatable bonds is 4. The zero-order valence-corrected chi connectivity index (χ0v) is 20.1. The molecule has 2 aromatic rings. The summed E-state index contributed by atoms with van der Waals surface area (Å²) in [6.45, 7) is 11.0. The maximum atomic E-state index is 12.2. The second kappa shape index (κ2) is 9.09. The van der Waals surface area contributed by atoms with Crippen LogP contribution in [0.3, 0.4) is 0 Å². The Balaban J connectivity index is 1.63. The molecule has 1 aliphatic rings. The van der Waals surface area contributed by atoms with Gasteiger partial charge < -0.3 is 20.3 Å². The molecule has 1 amide bonds. The number of hydrogen-bond acceptors (Lipinski definition) is 6. The van der Waals surface area contributed by atoms with Crippen molar-refractivity contribution in [2.24, 2.45) is 0 Å². The van der Waals surface area contributed by atoms with Gasteiger partial charge in [0.15, 0.2) is 5.82 Å². The molecule has 1 saturated heterocycles. The van der Waals surface area contributed by atoms with Crippen molar-refractivity contribution < 1.29 is 9.53 Å². The summed E-state index contributed by atoms with van der Waals surface area (Å²) in [7, 11) is 0. The highest BCUT2D eigenvalue weighted by molar-refractivity contribution is 6.43. The Kier molecular flexibility index (Phi) is 6.86. The van der Waals surface area contributed by atoms with Gasteiger partial charge in [-0.1, -0.05) is 29.3 Å². The van der Waals surface area contributed by atoms with E-state index in [4.69, 9.17) is 32.9 Å². The number of benzene rings is 1. The molecule has 168 valence electrons. The first-order chi connectivity index (χ1) is 14.5. The van der Waals surface area contributed by atoms with Crippen LogP contribution in [0.4, 0.5) is 22.1 Å². The average Bonchev–Trinajstić information content (AvgIpc) is 2.65. The van der Waals surface area contributed by atoms with Gasteiger partial charge in [0, 0.05) is 18.6 Å². The second-order valence-corrected chi connectivity index (χ2v) is 9.85. The van der Waals surface area contributed by atoms with Crippen LogP contribution in [0.1, 0.15) is 46.2 Å². The molecule has 2 N–H and O–H groups in total. The van der Waals surface area contributed by atoms with E-state index < -0.39 is 5.60 Å². The molecule has 1 aromatic carbocycles. The minimum Gasteiger partial charge on any atom is -0.444 e. The van der Waals surface area contributed by atoms with E-state index in [1.807, 2.05) is 46.8 Å². The normalized spacial score (nSPS) is 16.0. The van der Waals surface area contributed by atoms with Gasteiger partial charge in [-0.3, -0.25) is 0 Å². The van der Waals surface area contributed by atoms with Crippen LogP contribution in [0.25, 0.3) is 0 Å². The molecule has 0 spiro atoms. The quantitative estimate of drug-likeness (QED) is 0.600. The van der Waals surface area contributed by atoms with Crippen molar-refractivity contribution in [2.45, 2.75) is 58.6 Å². The third-order valence-corrected chi connectivity index (χ3v) is 5.95. The maximum absolute atomic E-state index is 12.2. The molecular formula is C22H29Cl2N5O2. The van der Waals surface area contributed by atoms with Crippen LogP contribution in [-0.4, -0.2) is 40.3 Å². The summed E-state index contributed by atoms with van der Waals surface area (Å²) in [5, 5.41) is 7.14. The summed E-state index contributed by atoms with van der Waals surface area (Å²) in [6, 6.07) is 5.40. The molecule has 0 aliphatic carbocycles. The lowest BCUT2D eigenvalue weighted by molar-refractivity contribution is 0.0448. The number of hydrogen-bond donors (Lipinski definition) is 2. The minimum atomic E-state index is -0.515. The molecular weight excluding hydrogens is 437 g/mol. The zero-order valence-electron chi connectivity index (χ0n) is 18.6. The number of anilines is 3. The van der Waals surface area contributed by atoms with E-state index in [0.29, 0.717) is 21.6 Å². The molecule has 2 heterocycles. The topological polar surface area (TPSA) is 79.4 Å². The average molecular weight is 466 g/mol. The van der Waals surface area contributed by atoms with Gasteiger partial charge in [0.2, 0.25) is 0 Å². The molecule has 1 fully saturated rings. The molecule has 0 unspecified atom stereocenters. The van der Waals surface area contributed by atoms with Gasteiger partial charge in [-0.25, -0.2) is 14.8 Å². The smallest absolute Gasteiger partial charge is 0.408 e.